The van der Waals surface area contributed by atoms with Gasteiger partial charge in [0.15, 0.2) is 0 Å². The molecule has 0 radical (unpaired) electrons. The van der Waals surface area contributed by atoms with Gasteiger partial charge in [-0.05, 0) is 31.0 Å². The average Bonchev–Trinajstić information content (AvgIpc) is 2.87. The molecule has 0 aromatic heterocycles. The minimum atomic E-state index is -0.434. The molecule has 2 rings (SSSR count). The molecule has 0 spiro atoms. The summed E-state index contributed by atoms with van der Waals surface area (Å²) in [7, 11) is 0. The lowest BCUT2D eigenvalue weighted by Gasteiger charge is -2.12. The van der Waals surface area contributed by atoms with E-state index in [9.17, 15) is 9.90 Å². The van der Waals surface area contributed by atoms with Crippen LogP contribution < -0.4 is 15.4 Å². The first kappa shape index (κ1) is 16.4. The lowest BCUT2D eigenvalue weighted by molar-refractivity contribution is -0.122. The van der Waals surface area contributed by atoms with E-state index in [2.05, 4.69) is 10.6 Å². The number of aliphatic hydroxyl groups excluding tert-OH is 1. The van der Waals surface area contributed by atoms with Gasteiger partial charge in [-0.15, -0.1) is 0 Å². The van der Waals surface area contributed by atoms with Crippen LogP contribution in [-0.4, -0.2) is 42.9 Å². The lowest BCUT2D eigenvalue weighted by Crippen LogP contribution is -2.40. The molecule has 0 aliphatic carbocycles. The molecule has 0 saturated carbocycles. The van der Waals surface area contributed by atoms with E-state index in [1.165, 1.54) is 0 Å². The standard InChI is InChI=1S/C14H18Cl2N2O3/c15-9-2-3-13(11(16)6-9)21-5-1-4-17-14(20)12-7-10(19)8-18-12/h2-3,6,10,12,18-19H,1,4-5,7-8H2,(H,17,20). The highest BCUT2D eigenvalue weighted by Crippen LogP contribution is 2.27. The molecule has 1 fully saturated rings. The highest BCUT2D eigenvalue weighted by atomic mass is 35.5. The normalized spacial score (nSPS) is 21.3. The summed E-state index contributed by atoms with van der Waals surface area (Å²) < 4.78 is 5.52. The Morgan fingerprint density at radius 1 is 1.48 bits per heavy atom. The van der Waals surface area contributed by atoms with Gasteiger partial charge in [0, 0.05) is 18.1 Å². The van der Waals surface area contributed by atoms with E-state index in [0.717, 1.165) is 0 Å². The number of amides is 1. The van der Waals surface area contributed by atoms with Crippen LogP contribution in [-0.2, 0) is 4.79 Å². The maximum Gasteiger partial charge on any atom is 0.237 e. The molecule has 1 aromatic carbocycles. The predicted molar refractivity (Wildman–Crippen MR) is 82.0 cm³/mol. The van der Waals surface area contributed by atoms with Crippen LogP contribution >= 0.6 is 23.2 Å². The molecule has 5 nitrogen and oxygen atoms in total. The van der Waals surface area contributed by atoms with Crippen molar-refractivity contribution in [3.8, 4) is 5.75 Å². The van der Waals surface area contributed by atoms with Crippen LogP contribution in [0, 0.1) is 0 Å². The number of β-amino-alcohol motifs (C(OH)–C–C–N with tert-alkyl or cyclic N) is 1. The number of hydrogen-bond donors (Lipinski definition) is 3. The van der Waals surface area contributed by atoms with Crippen LogP contribution in [0.5, 0.6) is 5.75 Å². The number of rotatable bonds is 6. The zero-order valence-corrected chi connectivity index (χ0v) is 13.0. The number of ether oxygens (including phenoxy) is 1. The molecule has 3 N–H and O–H groups in total. The Bertz CT molecular complexity index is 499. The Kier molecular flexibility index (Phi) is 6.11. The molecule has 7 heteroatoms. The summed E-state index contributed by atoms with van der Waals surface area (Å²) in [6.07, 6.45) is 0.694. The number of hydrogen-bond acceptors (Lipinski definition) is 4. The van der Waals surface area contributed by atoms with Crippen molar-refractivity contribution in [2.45, 2.75) is 25.0 Å². The smallest absolute Gasteiger partial charge is 0.237 e. The molecule has 2 unspecified atom stereocenters. The Morgan fingerprint density at radius 3 is 2.95 bits per heavy atom. The molecule has 21 heavy (non-hydrogen) atoms. The van der Waals surface area contributed by atoms with E-state index < -0.39 is 6.10 Å². The molecule has 2 atom stereocenters. The van der Waals surface area contributed by atoms with E-state index in [0.29, 0.717) is 48.3 Å². The molecule has 1 amide bonds. The zero-order chi connectivity index (χ0) is 15.2. The molecular weight excluding hydrogens is 315 g/mol. The number of carbonyl (C=O) groups is 1. The number of carbonyl (C=O) groups excluding carboxylic acids is 1. The first-order chi connectivity index (χ1) is 10.1. The Balaban J connectivity index is 1.62. The van der Waals surface area contributed by atoms with Crippen molar-refractivity contribution >= 4 is 29.1 Å². The van der Waals surface area contributed by atoms with Crippen LogP contribution in [0.3, 0.4) is 0 Å². The van der Waals surface area contributed by atoms with Crippen LogP contribution in [0.15, 0.2) is 18.2 Å². The summed E-state index contributed by atoms with van der Waals surface area (Å²) in [6, 6.07) is 4.75. The summed E-state index contributed by atoms with van der Waals surface area (Å²) in [5.41, 5.74) is 0. The van der Waals surface area contributed by atoms with Crippen molar-refractivity contribution in [1.29, 1.82) is 0 Å². The van der Waals surface area contributed by atoms with E-state index >= 15 is 0 Å². The van der Waals surface area contributed by atoms with Crippen molar-refractivity contribution in [3.63, 3.8) is 0 Å². The minimum Gasteiger partial charge on any atom is -0.492 e. The highest BCUT2D eigenvalue weighted by Gasteiger charge is 2.27. The van der Waals surface area contributed by atoms with Gasteiger partial charge < -0.3 is 20.5 Å². The second kappa shape index (κ2) is 7.84. The molecule has 1 aliphatic rings. The second-order valence-corrected chi connectivity index (χ2v) is 5.76. The van der Waals surface area contributed by atoms with Crippen molar-refractivity contribution in [1.82, 2.24) is 10.6 Å². The molecule has 1 saturated heterocycles. The van der Waals surface area contributed by atoms with Gasteiger partial charge in [-0.1, -0.05) is 23.2 Å². The Labute approximate surface area is 133 Å². The number of benzene rings is 1. The van der Waals surface area contributed by atoms with Gasteiger partial charge in [0.25, 0.3) is 0 Å². The monoisotopic (exact) mass is 332 g/mol. The third-order valence-corrected chi connectivity index (χ3v) is 3.73. The Hall–Kier alpha value is -1.01. The summed E-state index contributed by atoms with van der Waals surface area (Å²) in [4.78, 5) is 11.8. The maximum atomic E-state index is 11.8. The van der Waals surface area contributed by atoms with Gasteiger partial charge in [-0.25, -0.2) is 0 Å². The fourth-order valence-electron chi connectivity index (χ4n) is 2.10. The average molecular weight is 333 g/mol. The van der Waals surface area contributed by atoms with Gasteiger partial charge in [0.05, 0.1) is 23.8 Å². The van der Waals surface area contributed by atoms with Crippen molar-refractivity contribution in [2.75, 3.05) is 19.7 Å². The molecule has 0 bridgehead atoms. The van der Waals surface area contributed by atoms with Crippen molar-refractivity contribution in [2.24, 2.45) is 0 Å². The van der Waals surface area contributed by atoms with Gasteiger partial charge in [0.2, 0.25) is 5.91 Å². The maximum absolute atomic E-state index is 11.8. The molecule has 1 aliphatic heterocycles. The summed E-state index contributed by atoms with van der Waals surface area (Å²) in [5.74, 6) is 0.490. The van der Waals surface area contributed by atoms with Crippen LogP contribution in [0.4, 0.5) is 0 Å². The fourth-order valence-corrected chi connectivity index (χ4v) is 2.56. The lowest BCUT2D eigenvalue weighted by atomic mass is 10.2. The van der Waals surface area contributed by atoms with Gasteiger partial charge in [0.1, 0.15) is 5.75 Å². The summed E-state index contributed by atoms with van der Waals surface area (Å²) >= 11 is 11.8. The highest BCUT2D eigenvalue weighted by molar-refractivity contribution is 6.35. The van der Waals surface area contributed by atoms with Crippen LogP contribution in [0.25, 0.3) is 0 Å². The number of nitrogens with one attached hydrogen (secondary N) is 2. The molecule has 1 aromatic rings. The molecular formula is C14H18Cl2N2O3. The van der Waals surface area contributed by atoms with Crippen LogP contribution in [0.2, 0.25) is 10.0 Å². The fraction of sp³-hybridized carbons (Fsp3) is 0.500. The molecule has 116 valence electrons. The van der Waals surface area contributed by atoms with E-state index in [1.54, 1.807) is 18.2 Å². The van der Waals surface area contributed by atoms with Gasteiger partial charge in [-0.3, -0.25) is 4.79 Å². The Morgan fingerprint density at radius 2 is 2.29 bits per heavy atom. The van der Waals surface area contributed by atoms with Crippen molar-refractivity contribution in [3.05, 3.63) is 28.2 Å². The second-order valence-electron chi connectivity index (χ2n) is 4.92. The zero-order valence-electron chi connectivity index (χ0n) is 11.4. The van der Waals surface area contributed by atoms with E-state index in [1.807, 2.05) is 0 Å². The topological polar surface area (TPSA) is 70.6 Å². The van der Waals surface area contributed by atoms with Gasteiger partial charge in [-0.2, -0.15) is 0 Å². The minimum absolute atomic E-state index is 0.0870. The van der Waals surface area contributed by atoms with Crippen molar-refractivity contribution < 1.29 is 14.6 Å². The number of halogens is 2. The first-order valence-corrected chi connectivity index (χ1v) is 7.59. The first-order valence-electron chi connectivity index (χ1n) is 6.83. The van der Waals surface area contributed by atoms with E-state index in [-0.39, 0.29) is 11.9 Å². The summed E-state index contributed by atoms with van der Waals surface area (Å²) in [6.45, 7) is 1.43. The van der Waals surface area contributed by atoms with Crippen LogP contribution in [0.1, 0.15) is 12.8 Å². The predicted octanol–water partition coefficient (Wildman–Crippen LogP) is 1.60. The van der Waals surface area contributed by atoms with Gasteiger partial charge >= 0.3 is 0 Å². The SMILES string of the molecule is O=C(NCCCOc1ccc(Cl)cc1Cl)C1CC(O)CN1. The quantitative estimate of drug-likeness (QED) is 0.692. The van der Waals surface area contributed by atoms with E-state index in [4.69, 9.17) is 27.9 Å². The third-order valence-electron chi connectivity index (χ3n) is 3.20. The summed E-state index contributed by atoms with van der Waals surface area (Å²) in [5, 5.41) is 16.1. The number of aliphatic hydroxyl groups is 1. The molecule has 1 heterocycles. The largest absolute Gasteiger partial charge is 0.492 e. The third kappa shape index (κ3) is 5.04.